The lowest BCUT2D eigenvalue weighted by Crippen LogP contribution is -2.10. The van der Waals surface area contributed by atoms with E-state index in [9.17, 15) is 5.11 Å². The molecule has 0 spiro atoms. The van der Waals surface area contributed by atoms with Crippen LogP contribution in [0.4, 0.5) is 0 Å². The van der Waals surface area contributed by atoms with Crippen molar-refractivity contribution in [2.75, 3.05) is 0 Å². The molecule has 0 saturated carbocycles. The summed E-state index contributed by atoms with van der Waals surface area (Å²) in [5.41, 5.74) is 0. The van der Waals surface area contributed by atoms with Gasteiger partial charge in [-0.3, -0.25) is 0 Å². The van der Waals surface area contributed by atoms with E-state index in [4.69, 9.17) is 0 Å². The Hall–Kier alpha value is -0.300. The highest BCUT2D eigenvalue weighted by Gasteiger charge is 2.02. The molecule has 0 aromatic rings. The Morgan fingerprint density at radius 2 is 1.92 bits per heavy atom. The van der Waals surface area contributed by atoms with Crippen LogP contribution < -0.4 is 0 Å². The van der Waals surface area contributed by atoms with Crippen molar-refractivity contribution >= 4 is 0 Å². The highest BCUT2D eigenvalue weighted by molar-refractivity contribution is 4.89. The highest BCUT2D eigenvalue weighted by atomic mass is 16.3. The lowest BCUT2D eigenvalue weighted by atomic mass is 10.1. The number of allylic oxidation sites excluding steroid dienone is 1. The molecule has 1 atom stereocenters. The van der Waals surface area contributed by atoms with Gasteiger partial charge in [0.1, 0.15) is 0 Å². The van der Waals surface area contributed by atoms with Crippen LogP contribution in [0, 0.1) is 5.92 Å². The molecule has 12 heavy (non-hydrogen) atoms. The van der Waals surface area contributed by atoms with E-state index >= 15 is 0 Å². The zero-order chi connectivity index (χ0) is 9.40. The molecule has 0 aliphatic heterocycles. The number of hydrogen-bond acceptors (Lipinski definition) is 1. The van der Waals surface area contributed by atoms with Gasteiger partial charge in [-0.05, 0) is 18.8 Å². The molecule has 0 aliphatic rings. The molecule has 72 valence electrons. The summed E-state index contributed by atoms with van der Waals surface area (Å²) in [7, 11) is 0. The van der Waals surface area contributed by atoms with Gasteiger partial charge in [-0.1, -0.05) is 45.8 Å². The molecule has 0 fully saturated rings. The van der Waals surface area contributed by atoms with Gasteiger partial charge in [-0.25, -0.2) is 0 Å². The zero-order valence-corrected chi connectivity index (χ0v) is 8.59. The Balaban J connectivity index is 3.35. The second-order valence-electron chi connectivity index (χ2n) is 3.66. The molecule has 0 bridgehead atoms. The van der Waals surface area contributed by atoms with Gasteiger partial charge < -0.3 is 5.11 Å². The molecule has 0 aliphatic carbocycles. The zero-order valence-electron chi connectivity index (χ0n) is 8.59. The van der Waals surface area contributed by atoms with Gasteiger partial charge in [0, 0.05) is 0 Å². The van der Waals surface area contributed by atoms with Gasteiger partial charge in [0.2, 0.25) is 0 Å². The average Bonchev–Trinajstić information content (AvgIpc) is 2.03. The largest absolute Gasteiger partial charge is 0.389 e. The Bertz CT molecular complexity index is 116. The van der Waals surface area contributed by atoms with Gasteiger partial charge in [-0.2, -0.15) is 0 Å². The molecule has 0 aromatic carbocycles. The lowest BCUT2D eigenvalue weighted by molar-refractivity contribution is 0.172. The summed E-state index contributed by atoms with van der Waals surface area (Å²) >= 11 is 0. The van der Waals surface area contributed by atoms with Crippen LogP contribution in [0.15, 0.2) is 12.2 Å². The van der Waals surface area contributed by atoms with Gasteiger partial charge in [0.15, 0.2) is 0 Å². The minimum absolute atomic E-state index is 0.258. The molecule has 0 rings (SSSR count). The van der Waals surface area contributed by atoms with Crippen molar-refractivity contribution in [3.63, 3.8) is 0 Å². The monoisotopic (exact) mass is 170 g/mol. The van der Waals surface area contributed by atoms with E-state index in [0.29, 0.717) is 5.92 Å². The Morgan fingerprint density at radius 3 is 2.42 bits per heavy atom. The Morgan fingerprint density at radius 1 is 1.25 bits per heavy atom. The first kappa shape index (κ1) is 11.7. The summed E-state index contributed by atoms with van der Waals surface area (Å²) in [5.74, 6) is 0.340. The van der Waals surface area contributed by atoms with E-state index in [0.717, 1.165) is 6.42 Å². The molecule has 0 saturated heterocycles. The number of aliphatic hydroxyl groups excluding tert-OH is 1. The van der Waals surface area contributed by atoms with Crippen molar-refractivity contribution in [2.24, 2.45) is 5.92 Å². The fourth-order valence-corrected chi connectivity index (χ4v) is 0.970. The van der Waals surface area contributed by atoms with Crippen molar-refractivity contribution in [3.8, 4) is 0 Å². The van der Waals surface area contributed by atoms with Crippen LogP contribution in [0.1, 0.15) is 46.5 Å². The standard InChI is InChI=1S/C11H22O/c1-4-5-6-7-8-9-11(12)10(2)3/h8-12H,4-7H2,1-3H3. The predicted octanol–water partition coefficient (Wildman–Crippen LogP) is 3.14. The third-order valence-corrected chi connectivity index (χ3v) is 1.99. The molecule has 0 aromatic heterocycles. The fourth-order valence-electron chi connectivity index (χ4n) is 0.970. The van der Waals surface area contributed by atoms with Crippen LogP contribution in [0.2, 0.25) is 0 Å². The Labute approximate surface area is 76.5 Å². The van der Waals surface area contributed by atoms with Crippen LogP contribution in [0.3, 0.4) is 0 Å². The van der Waals surface area contributed by atoms with Crippen molar-refractivity contribution in [1.82, 2.24) is 0 Å². The molecule has 0 radical (unpaired) electrons. The van der Waals surface area contributed by atoms with Crippen LogP contribution in [-0.2, 0) is 0 Å². The molecule has 1 heteroatoms. The summed E-state index contributed by atoms with van der Waals surface area (Å²) in [5, 5.41) is 9.40. The van der Waals surface area contributed by atoms with E-state index in [2.05, 4.69) is 13.0 Å². The summed E-state index contributed by atoms with van der Waals surface area (Å²) in [6, 6.07) is 0. The summed E-state index contributed by atoms with van der Waals surface area (Å²) in [4.78, 5) is 0. The molecular formula is C11H22O. The lowest BCUT2D eigenvalue weighted by Gasteiger charge is -2.08. The first-order chi connectivity index (χ1) is 5.68. The molecule has 0 heterocycles. The maximum Gasteiger partial charge on any atom is 0.0743 e. The summed E-state index contributed by atoms with van der Waals surface area (Å²) < 4.78 is 0. The topological polar surface area (TPSA) is 20.2 Å². The van der Waals surface area contributed by atoms with Crippen molar-refractivity contribution < 1.29 is 5.11 Å². The normalized spacial score (nSPS) is 14.4. The van der Waals surface area contributed by atoms with Crippen molar-refractivity contribution in [1.29, 1.82) is 0 Å². The maximum atomic E-state index is 9.40. The Kier molecular flexibility index (Phi) is 7.17. The minimum Gasteiger partial charge on any atom is -0.389 e. The molecule has 1 unspecified atom stereocenters. The van der Waals surface area contributed by atoms with E-state index in [1.165, 1.54) is 19.3 Å². The van der Waals surface area contributed by atoms with E-state index in [1.54, 1.807) is 0 Å². The number of rotatable bonds is 6. The highest BCUT2D eigenvalue weighted by Crippen LogP contribution is 2.05. The van der Waals surface area contributed by atoms with E-state index < -0.39 is 0 Å². The molecule has 1 N–H and O–H groups in total. The van der Waals surface area contributed by atoms with Crippen LogP contribution in [0.25, 0.3) is 0 Å². The molecule has 1 nitrogen and oxygen atoms in total. The number of aliphatic hydroxyl groups is 1. The van der Waals surface area contributed by atoms with Gasteiger partial charge in [0.25, 0.3) is 0 Å². The summed E-state index contributed by atoms with van der Waals surface area (Å²) in [6.07, 6.45) is 8.67. The third-order valence-electron chi connectivity index (χ3n) is 1.99. The fraction of sp³-hybridized carbons (Fsp3) is 0.818. The van der Waals surface area contributed by atoms with Crippen molar-refractivity contribution in [3.05, 3.63) is 12.2 Å². The average molecular weight is 170 g/mol. The van der Waals surface area contributed by atoms with Crippen LogP contribution >= 0.6 is 0 Å². The second kappa shape index (κ2) is 7.35. The number of unbranched alkanes of at least 4 members (excludes halogenated alkanes) is 3. The predicted molar refractivity (Wildman–Crippen MR) is 54.1 cm³/mol. The van der Waals surface area contributed by atoms with E-state index in [-0.39, 0.29) is 6.10 Å². The minimum atomic E-state index is -0.258. The third kappa shape index (κ3) is 6.41. The molecule has 0 amide bonds. The smallest absolute Gasteiger partial charge is 0.0743 e. The van der Waals surface area contributed by atoms with Crippen LogP contribution in [0.5, 0.6) is 0 Å². The maximum absolute atomic E-state index is 9.40. The van der Waals surface area contributed by atoms with Gasteiger partial charge in [0.05, 0.1) is 6.10 Å². The van der Waals surface area contributed by atoms with Crippen molar-refractivity contribution in [2.45, 2.75) is 52.6 Å². The van der Waals surface area contributed by atoms with E-state index in [1.807, 2.05) is 19.9 Å². The summed E-state index contributed by atoms with van der Waals surface area (Å²) in [6.45, 7) is 6.26. The van der Waals surface area contributed by atoms with Gasteiger partial charge in [-0.15, -0.1) is 0 Å². The first-order valence-corrected chi connectivity index (χ1v) is 5.03. The quantitative estimate of drug-likeness (QED) is 0.479. The van der Waals surface area contributed by atoms with Crippen LogP contribution in [-0.4, -0.2) is 11.2 Å². The molecular weight excluding hydrogens is 148 g/mol. The SMILES string of the molecule is CCCCCC=CC(O)C(C)C. The second-order valence-corrected chi connectivity index (χ2v) is 3.66. The first-order valence-electron chi connectivity index (χ1n) is 5.03. The number of hydrogen-bond donors (Lipinski definition) is 1. The van der Waals surface area contributed by atoms with Gasteiger partial charge >= 0.3 is 0 Å².